The van der Waals surface area contributed by atoms with Crippen molar-refractivity contribution in [2.45, 2.75) is 45.1 Å². The third-order valence-corrected chi connectivity index (χ3v) is 4.68. The molecule has 2 heterocycles. The molecule has 1 aliphatic carbocycles. The average Bonchev–Trinajstić information content (AvgIpc) is 2.63. The van der Waals surface area contributed by atoms with Crippen LogP contribution in [0.2, 0.25) is 0 Å². The van der Waals surface area contributed by atoms with E-state index in [1.165, 1.54) is 10.9 Å². The van der Waals surface area contributed by atoms with E-state index >= 15 is 0 Å². The molecule has 0 unspecified atom stereocenters. The number of methoxy groups -OCH3 is 1. The zero-order valence-corrected chi connectivity index (χ0v) is 14.7. The molecule has 0 aliphatic heterocycles. The summed E-state index contributed by atoms with van der Waals surface area (Å²) in [6.45, 7) is 2.72. The molecule has 0 spiro atoms. The molecule has 2 aromatic heterocycles. The van der Waals surface area contributed by atoms with E-state index in [4.69, 9.17) is 4.74 Å². The summed E-state index contributed by atoms with van der Waals surface area (Å²) in [6, 6.07) is 1.33. The molecule has 1 aliphatic rings. The molecule has 0 saturated heterocycles. The highest BCUT2D eigenvalue weighted by atomic mass is 16.5. The molecule has 7 heteroatoms. The summed E-state index contributed by atoms with van der Waals surface area (Å²) in [7, 11) is 1.58. The molecule has 0 radical (unpaired) electrons. The van der Waals surface area contributed by atoms with Crippen LogP contribution in [0.1, 0.15) is 43.5 Å². The van der Waals surface area contributed by atoms with Gasteiger partial charge in [-0.05, 0) is 43.7 Å². The largest absolute Gasteiger partial charge is 0.383 e. The van der Waals surface area contributed by atoms with Gasteiger partial charge < -0.3 is 10.1 Å². The Morgan fingerprint density at radius 3 is 2.96 bits per heavy atom. The highest BCUT2D eigenvalue weighted by Gasteiger charge is 2.22. The topological polar surface area (TPSA) is 86.1 Å². The van der Waals surface area contributed by atoms with Gasteiger partial charge in [0.15, 0.2) is 5.65 Å². The smallest absolute Gasteiger partial charge is 0.263 e. The first kappa shape index (κ1) is 17.5. The lowest BCUT2D eigenvalue weighted by atomic mass is 9.95. The van der Waals surface area contributed by atoms with E-state index in [0.29, 0.717) is 30.6 Å². The van der Waals surface area contributed by atoms with Crippen LogP contribution in [-0.2, 0) is 22.4 Å². The fourth-order valence-corrected chi connectivity index (χ4v) is 3.31. The third-order valence-electron chi connectivity index (χ3n) is 4.68. The van der Waals surface area contributed by atoms with Gasteiger partial charge in [0.1, 0.15) is 12.4 Å². The quantitative estimate of drug-likeness (QED) is 0.800. The van der Waals surface area contributed by atoms with Crippen molar-refractivity contribution in [2.24, 2.45) is 0 Å². The molecular formula is C18H24N4O3. The van der Waals surface area contributed by atoms with Crippen molar-refractivity contribution in [3.05, 3.63) is 34.0 Å². The molecule has 1 atom stereocenters. The van der Waals surface area contributed by atoms with Crippen LogP contribution in [0, 0.1) is 0 Å². The molecular weight excluding hydrogens is 320 g/mol. The lowest BCUT2D eigenvalue weighted by Gasteiger charge is -2.19. The Bertz CT molecular complexity index is 831. The minimum atomic E-state index is -0.586. The van der Waals surface area contributed by atoms with Crippen LogP contribution >= 0.6 is 0 Å². The molecule has 0 saturated carbocycles. The Kier molecular flexibility index (Phi) is 5.43. The zero-order valence-electron chi connectivity index (χ0n) is 14.7. The lowest BCUT2D eigenvalue weighted by Crippen LogP contribution is -2.38. The van der Waals surface area contributed by atoms with Gasteiger partial charge in [-0.1, -0.05) is 6.92 Å². The van der Waals surface area contributed by atoms with Crippen molar-refractivity contribution in [1.29, 1.82) is 0 Å². The maximum Gasteiger partial charge on any atom is 0.263 e. The summed E-state index contributed by atoms with van der Waals surface area (Å²) in [5.74, 6) is -0.200. The highest BCUT2D eigenvalue weighted by Crippen LogP contribution is 2.22. The van der Waals surface area contributed by atoms with E-state index < -0.39 is 6.04 Å². The number of carbonyl (C=O) groups excluding carboxylic acids is 1. The Hall–Kier alpha value is -2.28. The van der Waals surface area contributed by atoms with Crippen LogP contribution in [0.5, 0.6) is 0 Å². The molecule has 1 N–H and O–H groups in total. The van der Waals surface area contributed by atoms with E-state index in [0.717, 1.165) is 36.9 Å². The van der Waals surface area contributed by atoms with E-state index in [1.54, 1.807) is 7.11 Å². The number of nitrogens with one attached hydrogen (secondary N) is 1. The molecule has 1 amide bonds. The average molecular weight is 344 g/mol. The number of amides is 1. The Labute approximate surface area is 146 Å². The van der Waals surface area contributed by atoms with Crippen molar-refractivity contribution < 1.29 is 9.53 Å². The van der Waals surface area contributed by atoms with Crippen molar-refractivity contribution in [3.63, 3.8) is 0 Å². The van der Waals surface area contributed by atoms with Gasteiger partial charge in [-0.2, -0.15) is 0 Å². The summed E-state index contributed by atoms with van der Waals surface area (Å²) in [6.07, 6.45) is 6.08. The number of fused-ring (bicyclic) bond motifs is 2. The van der Waals surface area contributed by atoms with E-state index in [-0.39, 0.29) is 11.5 Å². The van der Waals surface area contributed by atoms with Crippen LogP contribution in [0.3, 0.4) is 0 Å². The number of carbonyl (C=O) groups is 1. The van der Waals surface area contributed by atoms with Crippen LogP contribution in [0.25, 0.3) is 11.0 Å². The maximum absolute atomic E-state index is 12.9. The van der Waals surface area contributed by atoms with Crippen LogP contribution < -0.4 is 10.9 Å². The summed E-state index contributed by atoms with van der Waals surface area (Å²) in [5.41, 5.74) is 2.44. The van der Waals surface area contributed by atoms with Gasteiger partial charge in [0, 0.05) is 19.3 Å². The zero-order chi connectivity index (χ0) is 17.8. The highest BCUT2D eigenvalue weighted by molar-refractivity contribution is 5.81. The van der Waals surface area contributed by atoms with Gasteiger partial charge in [0.25, 0.3) is 5.56 Å². The van der Waals surface area contributed by atoms with Gasteiger partial charge in [0.05, 0.1) is 12.0 Å². The minimum absolute atomic E-state index is 0.200. The predicted octanol–water partition coefficient (Wildman–Crippen LogP) is 1.38. The third kappa shape index (κ3) is 3.56. The van der Waals surface area contributed by atoms with Crippen molar-refractivity contribution in [1.82, 2.24) is 19.9 Å². The number of nitrogens with zero attached hydrogens (tertiary/aromatic N) is 3. The first-order valence-electron chi connectivity index (χ1n) is 8.82. The molecule has 0 fully saturated rings. The second-order valence-electron chi connectivity index (χ2n) is 6.34. The van der Waals surface area contributed by atoms with Crippen molar-refractivity contribution in [3.8, 4) is 0 Å². The Morgan fingerprint density at radius 2 is 2.20 bits per heavy atom. The summed E-state index contributed by atoms with van der Waals surface area (Å²) in [4.78, 5) is 34.2. The second kappa shape index (κ2) is 7.74. The van der Waals surface area contributed by atoms with E-state index in [9.17, 15) is 9.59 Å². The molecule has 0 bridgehead atoms. The van der Waals surface area contributed by atoms with Crippen LogP contribution in [-0.4, -0.2) is 40.7 Å². The fourth-order valence-electron chi connectivity index (χ4n) is 3.31. The first-order chi connectivity index (χ1) is 12.2. The monoisotopic (exact) mass is 344 g/mol. The van der Waals surface area contributed by atoms with Crippen molar-refractivity contribution >= 4 is 16.9 Å². The number of aryl methyl sites for hydroxylation is 2. The van der Waals surface area contributed by atoms with Crippen LogP contribution in [0.15, 0.2) is 17.2 Å². The van der Waals surface area contributed by atoms with E-state index in [1.807, 2.05) is 13.0 Å². The fraction of sp³-hybridized carbons (Fsp3) is 0.556. The SMILES string of the molecule is CC[C@H](C(=O)NCCOC)n1cnc2nc3c(cc2c1=O)CCCC3. The minimum Gasteiger partial charge on any atom is -0.383 e. The molecule has 7 nitrogen and oxygen atoms in total. The van der Waals surface area contributed by atoms with Gasteiger partial charge in [-0.15, -0.1) is 0 Å². The molecule has 0 aromatic carbocycles. The van der Waals surface area contributed by atoms with Crippen molar-refractivity contribution in [2.75, 3.05) is 20.3 Å². The molecule has 25 heavy (non-hydrogen) atoms. The van der Waals surface area contributed by atoms with Gasteiger partial charge >= 0.3 is 0 Å². The summed E-state index contributed by atoms with van der Waals surface area (Å²) >= 11 is 0. The molecule has 2 aromatic rings. The summed E-state index contributed by atoms with van der Waals surface area (Å²) in [5, 5.41) is 3.28. The Morgan fingerprint density at radius 1 is 1.40 bits per heavy atom. The second-order valence-corrected chi connectivity index (χ2v) is 6.34. The number of pyridine rings is 1. The van der Waals surface area contributed by atoms with Crippen LogP contribution in [0.4, 0.5) is 0 Å². The predicted molar refractivity (Wildman–Crippen MR) is 94.7 cm³/mol. The van der Waals surface area contributed by atoms with E-state index in [2.05, 4.69) is 15.3 Å². The number of hydrogen-bond donors (Lipinski definition) is 1. The number of hydrogen-bond acceptors (Lipinski definition) is 5. The standard InChI is InChI=1S/C18H24N4O3/c1-3-15(17(23)19-8-9-25-2)22-11-20-16-13(18(22)24)10-12-6-4-5-7-14(12)21-16/h10-11,15H,3-9H2,1-2H3,(H,19,23)/t15-/m1/s1. The van der Waals surface area contributed by atoms with Gasteiger partial charge in [0.2, 0.25) is 5.91 Å². The first-order valence-corrected chi connectivity index (χ1v) is 8.82. The lowest BCUT2D eigenvalue weighted by molar-refractivity contribution is -0.124. The van der Waals surface area contributed by atoms with Gasteiger partial charge in [-0.3, -0.25) is 14.2 Å². The Balaban J connectivity index is 1.97. The summed E-state index contributed by atoms with van der Waals surface area (Å²) < 4.78 is 6.36. The van der Waals surface area contributed by atoms with Gasteiger partial charge in [-0.25, -0.2) is 9.97 Å². The normalized spacial score (nSPS) is 15.0. The number of rotatable bonds is 6. The maximum atomic E-state index is 12.9. The number of aromatic nitrogens is 3. The molecule has 3 rings (SSSR count). The molecule has 134 valence electrons. The number of ether oxygens (including phenoxy) is 1.